The Morgan fingerprint density at radius 1 is 0.608 bits per heavy atom. The molecule has 1 radical (unpaired) electrons. The van der Waals surface area contributed by atoms with Crippen LogP contribution < -0.4 is 4.40 Å². The molecule has 0 saturated carbocycles. The van der Waals surface area contributed by atoms with Crippen molar-refractivity contribution >= 4 is 39.6 Å². The fourth-order valence-electron chi connectivity index (χ4n) is 6.09. The Bertz CT molecular complexity index is 2360. The summed E-state index contributed by atoms with van der Waals surface area (Å²) < 4.78 is 7.87. The maximum absolute atomic E-state index is 6.42. The monoisotopic (exact) mass is 903 g/mol. The van der Waals surface area contributed by atoms with Crippen molar-refractivity contribution in [1.29, 1.82) is 0 Å². The van der Waals surface area contributed by atoms with Crippen LogP contribution in [0, 0.1) is 12.1 Å². The summed E-state index contributed by atoms with van der Waals surface area (Å²) in [4.78, 5) is 9.15. The fourth-order valence-corrected chi connectivity index (χ4v) is 8.26. The second-order valence-electron chi connectivity index (χ2n) is 13.9. The van der Waals surface area contributed by atoms with Crippen molar-refractivity contribution < 1.29 is 24.5 Å². The number of pyridine rings is 2. The van der Waals surface area contributed by atoms with Gasteiger partial charge >= 0.3 is 99.8 Å². The quantitative estimate of drug-likeness (QED) is 0.123. The topological polar surface area (TPSA) is 38.9 Å². The van der Waals surface area contributed by atoms with Crippen molar-refractivity contribution in [3.05, 3.63) is 164 Å². The minimum Gasteiger partial charge on any atom is 0 e. The van der Waals surface area contributed by atoms with Gasteiger partial charge in [-0.05, 0) is 46.0 Å². The summed E-state index contributed by atoms with van der Waals surface area (Å²) in [5, 5.41) is 2.20. The van der Waals surface area contributed by atoms with Gasteiger partial charge in [0.2, 0.25) is 0 Å². The predicted octanol–water partition coefficient (Wildman–Crippen LogP) is 12.0. The second-order valence-corrected chi connectivity index (χ2v) is 24.6. The van der Waals surface area contributed by atoms with E-state index in [9.17, 15) is 0 Å². The standard InChI is InChI=1S/C32H24NO.C14H16GeN.Ir/c1-21(2)25-17-18-33-30(19-25)29-10-6-9-28-27-16-15-26(20-31(27)34-32(28)29)24-13-11-23(12-14-24)22-7-4-3-5-8-22;1-15(2,3)13-9-10-14(16-11-13)12-7-5-4-6-8-12;/h3-9,11-21H,1-2H3;4-7,9-11H,1-3H3;/q2*-1;. The predicted molar refractivity (Wildman–Crippen MR) is 212 cm³/mol. The number of benzene rings is 5. The van der Waals surface area contributed by atoms with Crippen molar-refractivity contribution in [2.45, 2.75) is 37.0 Å². The fraction of sp³-hybridized carbons (Fsp3) is 0.130. The summed E-state index contributed by atoms with van der Waals surface area (Å²) in [6.45, 7) is 4.39. The van der Waals surface area contributed by atoms with Crippen LogP contribution in [0.1, 0.15) is 25.3 Å². The molecule has 255 valence electrons. The molecule has 3 aromatic heterocycles. The van der Waals surface area contributed by atoms with E-state index in [2.05, 4.69) is 150 Å². The normalized spacial score (nSPS) is 11.3. The number of hydrogen-bond acceptors (Lipinski definition) is 3. The Labute approximate surface area is 317 Å². The molecule has 51 heavy (non-hydrogen) atoms. The second kappa shape index (κ2) is 15.7. The van der Waals surface area contributed by atoms with Crippen molar-refractivity contribution in [2.24, 2.45) is 0 Å². The van der Waals surface area contributed by atoms with Gasteiger partial charge < -0.3 is 9.40 Å². The van der Waals surface area contributed by atoms with Crippen LogP contribution in [0.15, 0.2) is 150 Å². The third-order valence-electron chi connectivity index (χ3n) is 9.08. The molecule has 3 heterocycles. The molecule has 0 unspecified atom stereocenters. The summed E-state index contributed by atoms with van der Waals surface area (Å²) in [6.07, 6.45) is 3.91. The van der Waals surface area contributed by atoms with Gasteiger partial charge in [0.1, 0.15) is 5.58 Å². The summed E-state index contributed by atoms with van der Waals surface area (Å²) in [5.74, 6) is 7.58. The van der Waals surface area contributed by atoms with E-state index in [4.69, 9.17) is 4.42 Å². The van der Waals surface area contributed by atoms with Gasteiger partial charge in [-0.2, -0.15) is 0 Å². The molecule has 0 amide bonds. The van der Waals surface area contributed by atoms with E-state index in [0.717, 1.165) is 50.0 Å². The first-order valence-electron chi connectivity index (χ1n) is 17.2. The molecule has 0 fully saturated rings. The molecule has 0 bridgehead atoms. The molecule has 5 heteroatoms. The molecule has 0 saturated heterocycles. The van der Waals surface area contributed by atoms with E-state index < -0.39 is 13.3 Å². The first-order valence-corrected chi connectivity index (χ1v) is 24.5. The van der Waals surface area contributed by atoms with E-state index in [1.54, 1.807) is 0 Å². The third-order valence-corrected chi connectivity index (χ3v) is 13.3. The molecule has 0 aliphatic rings. The van der Waals surface area contributed by atoms with Crippen LogP contribution in [0.4, 0.5) is 0 Å². The van der Waals surface area contributed by atoms with Crippen molar-refractivity contribution in [2.75, 3.05) is 0 Å². The van der Waals surface area contributed by atoms with Crippen LogP contribution in [0.3, 0.4) is 0 Å². The maximum atomic E-state index is 6.42. The van der Waals surface area contributed by atoms with Gasteiger partial charge in [0.15, 0.2) is 0 Å². The Hall–Kier alpha value is -4.61. The van der Waals surface area contributed by atoms with Crippen LogP contribution in [0.2, 0.25) is 17.3 Å². The molecule has 0 aliphatic carbocycles. The molecule has 3 nitrogen and oxygen atoms in total. The number of fused-ring (bicyclic) bond motifs is 3. The number of furan rings is 1. The molecule has 0 aliphatic heterocycles. The maximum Gasteiger partial charge on any atom is 0 e. The first kappa shape index (κ1) is 36.2. The molecule has 0 spiro atoms. The Balaban J connectivity index is 0.000000222. The Morgan fingerprint density at radius 2 is 1.31 bits per heavy atom. The van der Waals surface area contributed by atoms with Crippen molar-refractivity contribution in [3.63, 3.8) is 0 Å². The van der Waals surface area contributed by atoms with Gasteiger partial charge in [0.05, 0.1) is 5.58 Å². The van der Waals surface area contributed by atoms with Crippen molar-refractivity contribution in [3.8, 4) is 44.8 Å². The van der Waals surface area contributed by atoms with Crippen LogP contribution in [-0.2, 0) is 20.1 Å². The van der Waals surface area contributed by atoms with Gasteiger partial charge in [-0.3, -0.25) is 0 Å². The molecule has 0 atom stereocenters. The van der Waals surface area contributed by atoms with Crippen LogP contribution in [0.25, 0.3) is 66.7 Å². The van der Waals surface area contributed by atoms with Gasteiger partial charge in [-0.15, -0.1) is 18.2 Å². The Kier molecular flexibility index (Phi) is 11.2. The minimum absolute atomic E-state index is 0. The van der Waals surface area contributed by atoms with Crippen LogP contribution in [-0.4, -0.2) is 23.2 Å². The average molecular weight is 902 g/mol. The SMILES string of the molecule is CC(C)c1ccnc(-c2[c-]ccc3c2oc2cc(-c4ccc(-c5ccccc5)cc4)ccc23)c1.[CH3][Ge]([CH3])([CH3])[c]1ccc(-c2[c-]cccc2)nc1.[Ir]. The third kappa shape index (κ3) is 8.15. The number of nitrogens with zero attached hydrogens (tertiary/aromatic N) is 2. The van der Waals surface area contributed by atoms with Gasteiger partial charge in [0, 0.05) is 31.7 Å². The van der Waals surface area contributed by atoms with Crippen LogP contribution >= 0.6 is 0 Å². The summed E-state index contributed by atoms with van der Waals surface area (Å²) in [5.41, 5.74) is 11.6. The number of rotatable bonds is 6. The molecular weight excluding hydrogens is 861 g/mol. The summed E-state index contributed by atoms with van der Waals surface area (Å²) in [7, 11) is 0. The number of hydrogen-bond donors (Lipinski definition) is 0. The van der Waals surface area contributed by atoms with E-state index in [1.807, 2.05) is 48.8 Å². The Morgan fingerprint density at radius 3 is 1.98 bits per heavy atom. The van der Waals surface area contributed by atoms with E-state index in [-0.39, 0.29) is 20.1 Å². The van der Waals surface area contributed by atoms with Gasteiger partial charge in [-0.1, -0.05) is 103 Å². The molecule has 8 rings (SSSR count). The summed E-state index contributed by atoms with van der Waals surface area (Å²) in [6, 6.07) is 52.7. The average Bonchev–Trinajstić information content (AvgIpc) is 3.54. The van der Waals surface area contributed by atoms with E-state index >= 15 is 0 Å². The number of aromatic nitrogens is 2. The minimum atomic E-state index is -1.72. The van der Waals surface area contributed by atoms with E-state index in [0.29, 0.717) is 5.92 Å². The van der Waals surface area contributed by atoms with Crippen LogP contribution in [0.5, 0.6) is 0 Å². The first-order chi connectivity index (χ1) is 24.2. The molecular formula is C46H40GeIrN2O-2. The molecule has 5 aromatic carbocycles. The molecule has 0 N–H and O–H groups in total. The zero-order chi connectivity index (χ0) is 34.7. The van der Waals surface area contributed by atoms with E-state index in [1.165, 1.54) is 26.6 Å². The smallest absolute Gasteiger partial charge is 0 e. The molecule has 8 aromatic rings. The van der Waals surface area contributed by atoms with Crippen molar-refractivity contribution in [1.82, 2.24) is 9.97 Å². The summed E-state index contributed by atoms with van der Waals surface area (Å²) >= 11 is -1.72. The zero-order valence-corrected chi connectivity index (χ0v) is 34.1. The zero-order valence-electron chi connectivity index (χ0n) is 29.6. The largest absolute Gasteiger partial charge is 0 e. The van der Waals surface area contributed by atoms with Gasteiger partial charge in [0.25, 0.3) is 0 Å². The van der Waals surface area contributed by atoms with Gasteiger partial charge in [-0.25, -0.2) is 0 Å².